The summed E-state index contributed by atoms with van der Waals surface area (Å²) in [5.74, 6) is 0. The Hall–Kier alpha value is -0.200. The van der Waals surface area contributed by atoms with Gasteiger partial charge in [0.25, 0.3) is 0 Å². The molecule has 0 aromatic rings. The molecule has 0 aliphatic carbocycles. The SMILES string of the molecule is C=CC=C(Cl)C(=C)Cl. The molecule has 0 heterocycles. The van der Waals surface area contributed by atoms with Crippen LogP contribution in [0.5, 0.6) is 0 Å². The maximum Gasteiger partial charge on any atom is 0.0586 e. The van der Waals surface area contributed by atoms with Crippen LogP contribution in [0.3, 0.4) is 0 Å². The molecule has 0 aliphatic rings. The monoisotopic (exact) mass is 148 g/mol. The normalized spacial score (nSPS) is 11.0. The van der Waals surface area contributed by atoms with E-state index in [1.807, 2.05) is 0 Å². The van der Waals surface area contributed by atoms with Crippen molar-refractivity contribution in [3.63, 3.8) is 0 Å². The van der Waals surface area contributed by atoms with Crippen LogP contribution in [0.1, 0.15) is 0 Å². The summed E-state index contributed by atoms with van der Waals surface area (Å²) in [4.78, 5) is 0. The molecule has 0 unspecified atom stereocenters. The number of allylic oxidation sites excluding steroid dienone is 4. The minimum absolute atomic E-state index is 0.339. The number of hydrogen-bond donors (Lipinski definition) is 0. The van der Waals surface area contributed by atoms with Crippen LogP contribution in [0.4, 0.5) is 0 Å². The Kier molecular flexibility index (Phi) is 3.67. The highest BCUT2D eigenvalue weighted by Crippen LogP contribution is 2.15. The highest BCUT2D eigenvalue weighted by molar-refractivity contribution is 6.43. The summed E-state index contributed by atoms with van der Waals surface area (Å²) in [6, 6.07) is 0. The minimum atomic E-state index is 0.339. The van der Waals surface area contributed by atoms with Gasteiger partial charge >= 0.3 is 0 Å². The predicted molar refractivity (Wildman–Crippen MR) is 39.1 cm³/mol. The van der Waals surface area contributed by atoms with Gasteiger partial charge in [-0.25, -0.2) is 0 Å². The quantitative estimate of drug-likeness (QED) is 0.529. The lowest BCUT2D eigenvalue weighted by Crippen LogP contribution is -1.64. The maximum absolute atomic E-state index is 5.47. The van der Waals surface area contributed by atoms with Gasteiger partial charge in [-0.1, -0.05) is 42.4 Å². The fourth-order valence-corrected chi connectivity index (χ4v) is 0.346. The van der Waals surface area contributed by atoms with Gasteiger partial charge in [0.2, 0.25) is 0 Å². The van der Waals surface area contributed by atoms with E-state index in [4.69, 9.17) is 23.2 Å². The minimum Gasteiger partial charge on any atom is -0.0990 e. The molecule has 0 aromatic heterocycles. The van der Waals surface area contributed by atoms with E-state index in [0.717, 1.165) is 0 Å². The highest BCUT2D eigenvalue weighted by atomic mass is 35.5. The molecular weight excluding hydrogens is 143 g/mol. The van der Waals surface area contributed by atoms with Crippen molar-refractivity contribution >= 4 is 23.2 Å². The summed E-state index contributed by atoms with van der Waals surface area (Å²) >= 11 is 10.8. The van der Waals surface area contributed by atoms with E-state index in [0.29, 0.717) is 10.1 Å². The molecule has 0 rings (SSSR count). The Balaban J connectivity index is 3.99. The van der Waals surface area contributed by atoms with Crippen LogP contribution in [0.2, 0.25) is 0 Å². The Bertz CT molecular complexity index is 133. The first-order valence-electron chi connectivity index (χ1n) is 2.01. The second-order valence-corrected chi connectivity index (χ2v) is 2.02. The standard InChI is InChI=1S/C6H6Cl2/c1-3-4-6(8)5(2)7/h3-4H,1-2H2. The van der Waals surface area contributed by atoms with Crippen LogP contribution in [-0.2, 0) is 0 Å². The third-order valence-corrected chi connectivity index (χ3v) is 1.18. The van der Waals surface area contributed by atoms with E-state index in [-0.39, 0.29) is 0 Å². The van der Waals surface area contributed by atoms with Gasteiger partial charge in [0.05, 0.1) is 10.1 Å². The molecule has 0 fully saturated rings. The van der Waals surface area contributed by atoms with E-state index in [1.54, 1.807) is 12.2 Å². The van der Waals surface area contributed by atoms with Crippen LogP contribution in [0, 0.1) is 0 Å². The first-order valence-corrected chi connectivity index (χ1v) is 2.77. The van der Waals surface area contributed by atoms with Gasteiger partial charge in [-0.2, -0.15) is 0 Å². The average molecular weight is 149 g/mol. The van der Waals surface area contributed by atoms with E-state index in [1.165, 1.54) is 0 Å². The number of rotatable bonds is 2. The van der Waals surface area contributed by atoms with Gasteiger partial charge in [-0.15, -0.1) is 0 Å². The van der Waals surface area contributed by atoms with Crippen molar-refractivity contribution in [2.75, 3.05) is 0 Å². The molecule has 0 amide bonds. The van der Waals surface area contributed by atoms with Crippen LogP contribution in [-0.4, -0.2) is 0 Å². The van der Waals surface area contributed by atoms with Crippen molar-refractivity contribution in [1.29, 1.82) is 0 Å². The molecule has 0 nitrogen and oxygen atoms in total. The Morgan fingerprint density at radius 1 is 1.38 bits per heavy atom. The van der Waals surface area contributed by atoms with Crippen molar-refractivity contribution < 1.29 is 0 Å². The first kappa shape index (κ1) is 7.80. The molecule has 0 atom stereocenters. The summed E-state index contributed by atoms with van der Waals surface area (Å²) < 4.78 is 0. The molecular formula is C6H6Cl2. The Morgan fingerprint density at radius 3 is 2.00 bits per heavy atom. The van der Waals surface area contributed by atoms with E-state index < -0.39 is 0 Å². The second kappa shape index (κ2) is 3.76. The van der Waals surface area contributed by atoms with Crippen LogP contribution >= 0.6 is 23.2 Å². The molecule has 44 valence electrons. The van der Waals surface area contributed by atoms with Crippen molar-refractivity contribution in [3.05, 3.63) is 35.4 Å². The maximum atomic E-state index is 5.47. The van der Waals surface area contributed by atoms with Crippen molar-refractivity contribution in [1.82, 2.24) is 0 Å². The molecule has 0 radical (unpaired) electrons. The lowest BCUT2D eigenvalue weighted by Gasteiger charge is -1.86. The zero-order valence-corrected chi connectivity index (χ0v) is 5.84. The van der Waals surface area contributed by atoms with Crippen molar-refractivity contribution in [3.8, 4) is 0 Å². The predicted octanol–water partition coefficient (Wildman–Crippen LogP) is 3.05. The topological polar surface area (TPSA) is 0 Å². The summed E-state index contributed by atoms with van der Waals surface area (Å²) in [5.41, 5.74) is 0. The second-order valence-electron chi connectivity index (χ2n) is 1.16. The third-order valence-electron chi connectivity index (χ3n) is 0.523. The van der Waals surface area contributed by atoms with Gasteiger partial charge in [0, 0.05) is 0 Å². The van der Waals surface area contributed by atoms with Gasteiger partial charge in [0.1, 0.15) is 0 Å². The van der Waals surface area contributed by atoms with E-state index in [2.05, 4.69) is 13.2 Å². The highest BCUT2D eigenvalue weighted by Gasteiger charge is 1.88. The molecule has 0 aliphatic heterocycles. The van der Waals surface area contributed by atoms with E-state index in [9.17, 15) is 0 Å². The zero-order valence-electron chi connectivity index (χ0n) is 4.32. The van der Waals surface area contributed by atoms with Gasteiger partial charge in [-0.3, -0.25) is 0 Å². The number of halogens is 2. The fraction of sp³-hybridized carbons (Fsp3) is 0. The molecule has 0 spiro atoms. The molecule has 0 bridgehead atoms. The fourth-order valence-electron chi connectivity index (χ4n) is 0.194. The lowest BCUT2D eigenvalue weighted by atomic mass is 10.5. The van der Waals surface area contributed by atoms with Crippen molar-refractivity contribution in [2.24, 2.45) is 0 Å². The Morgan fingerprint density at radius 2 is 1.88 bits per heavy atom. The van der Waals surface area contributed by atoms with Gasteiger partial charge in [0.15, 0.2) is 0 Å². The lowest BCUT2D eigenvalue weighted by molar-refractivity contribution is 1.84. The van der Waals surface area contributed by atoms with Crippen LogP contribution in [0.25, 0.3) is 0 Å². The summed E-state index contributed by atoms with van der Waals surface area (Å²) in [6.45, 7) is 6.81. The van der Waals surface area contributed by atoms with Gasteiger partial charge < -0.3 is 0 Å². The smallest absolute Gasteiger partial charge is 0.0586 e. The molecule has 0 N–H and O–H groups in total. The molecule has 8 heavy (non-hydrogen) atoms. The van der Waals surface area contributed by atoms with Gasteiger partial charge in [-0.05, 0) is 6.08 Å². The largest absolute Gasteiger partial charge is 0.0990 e. The van der Waals surface area contributed by atoms with Crippen LogP contribution < -0.4 is 0 Å². The van der Waals surface area contributed by atoms with Crippen molar-refractivity contribution in [2.45, 2.75) is 0 Å². The molecule has 0 saturated carbocycles. The van der Waals surface area contributed by atoms with E-state index >= 15 is 0 Å². The summed E-state index contributed by atoms with van der Waals surface area (Å²) in [5, 5.41) is 0.772. The summed E-state index contributed by atoms with van der Waals surface area (Å²) in [7, 11) is 0. The third kappa shape index (κ3) is 2.89. The average Bonchev–Trinajstić information content (AvgIpc) is 1.67. The van der Waals surface area contributed by atoms with Crippen LogP contribution in [0.15, 0.2) is 35.4 Å². The molecule has 0 saturated heterocycles. The Labute approximate surface area is 59.1 Å². The first-order chi connectivity index (χ1) is 3.68. The molecule has 2 heteroatoms. The molecule has 0 aromatic carbocycles. The zero-order chi connectivity index (χ0) is 6.57. The number of hydrogen-bond acceptors (Lipinski definition) is 0. The summed E-state index contributed by atoms with van der Waals surface area (Å²) in [6.07, 6.45) is 3.13.